The van der Waals surface area contributed by atoms with E-state index in [0.29, 0.717) is 33.3 Å². The van der Waals surface area contributed by atoms with Gasteiger partial charge in [-0.2, -0.15) is 13.8 Å². The average Bonchev–Trinajstić information content (AvgIpc) is 3.25. The standard InChI is InChI=1S/C16H11Cl2N5O2S2/c17-11-5-4-10(13(18)6-11)8-23-9-12(7-19-23)22-27(24,25)15-3-1-2-14-16(15)21-26-20-14/h1-7,9,22H,8H2. The van der Waals surface area contributed by atoms with Gasteiger partial charge in [0.15, 0.2) is 0 Å². The molecule has 138 valence electrons. The molecule has 0 fully saturated rings. The van der Waals surface area contributed by atoms with Crippen LogP contribution in [-0.2, 0) is 16.6 Å². The van der Waals surface area contributed by atoms with Crippen LogP contribution in [0.25, 0.3) is 11.0 Å². The summed E-state index contributed by atoms with van der Waals surface area (Å²) in [5.74, 6) is 0. The first-order valence-electron chi connectivity index (χ1n) is 7.63. The van der Waals surface area contributed by atoms with Gasteiger partial charge in [0.25, 0.3) is 10.0 Å². The SMILES string of the molecule is O=S(=O)(Nc1cnn(Cc2ccc(Cl)cc2Cl)c1)c1cccc2nsnc12. The molecule has 4 rings (SSSR count). The minimum Gasteiger partial charge on any atom is -0.276 e. The third-order valence-corrected chi connectivity index (χ3v) is 6.31. The van der Waals surface area contributed by atoms with Crippen LogP contribution in [0.15, 0.2) is 53.7 Å². The largest absolute Gasteiger partial charge is 0.276 e. The molecule has 2 aromatic heterocycles. The van der Waals surface area contributed by atoms with E-state index in [1.54, 1.807) is 41.2 Å². The van der Waals surface area contributed by atoms with Crippen LogP contribution in [0.4, 0.5) is 5.69 Å². The van der Waals surface area contributed by atoms with E-state index in [1.165, 1.54) is 12.3 Å². The quantitative estimate of drug-likeness (QED) is 0.506. The lowest BCUT2D eigenvalue weighted by molar-refractivity contribution is 0.602. The Bertz CT molecular complexity index is 1240. The van der Waals surface area contributed by atoms with Crippen molar-refractivity contribution < 1.29 is 8.42 Å². The molecule has 11 heteroatoms. The van der Waals surface area contributed by atoms with E-state index < -0.39 is 10.0 Å². The van der Waals surface area contributed by atoms with Crippen LogP contribution in [0.1, 0.15) is 5.56 Å². The molecule has 4 aromatic rings. The van der Waals surface area contributed by atoms with Gasteiger partial charge >= 0.3 is 0 Å². The van der Waals surface area contributed by atoms with Crippen molar-refractivity contribution in [2.75, 3.05) is 4.72 Å². The van der Waals surface area contributed by atoms with Gasteiger partial charge in [-0.3, -0.25) is 9.40 Å². The number of fused-ring (bicyclic) bond motifs is 1. The second kappa shape index (κ2) is 7.08. The molecule has 0 bridgehead atoms. The Balaban J connectivity index is 1.57. The van der Waals surface area contributed by atoms with Gasteiger partial charge in [0.1, 0.15) is 15.9 Å². The number of anilines is 1. The molecule has 0 saturated carbocycles. The van der Waals surface area contributed by atoms with Crippen molar-refractivity contribution in [1.82, 2.24) is 18.5 Å². The number of sulfonamides is 1. The van der Waals surface area contributed by atoms with Crippen molar-refractivity contribution in [2.45, 2.75) is 11.4 Å². The minimum absolute atomic E-state index is 0.0715. The van der Waals surface area contributed by atoms with Crippen molar-refractivity contribution in [3.8, 4) is 0 Å². The molecule has 0 radical (unpaired) electrons. The monoisotopic (exact) mass is 439 g/mol. The summed E-state index contributed by atoms with van der Waals surface area (Å²) in [6, 6.07) is 10.0. The zero-order valence-corrected chi connectivity index (χ0v) is 16.6. The molecule has 1 N–H and O–H groups in total. The van der Waals surface area contributed by atoms with Crippen LogP contribution in [0.5, 0.6) is 0 Å². The number of nitrogens with zero attached hydrogens (tertiary/aromatic N) is 4. The number of halogens is 2. The zero-order valence-electron chi connectivity index (χ0n) is 13.5. The van der Waals surface area contributed by atoms with Gasteiger partial charge in [-0.05, 0) is 29.8 Å². The predicted molar refractivity (Wildman–Crippen MR) is 106 cm³/mol. The lowest BCUT2D eigenvalue weighted by atomic mass is 10.2. The van der Waals surface area contributed by atoms with E-state index in [1.807, 2.05) is 0 Å². The molecule has 0 aliphatic heterocycles. The molecule has 7 nitrogen and oxygen atoms in total. The van der Waals surface area contributed by atoms with Crippen LogP contribution >= 0.6 is 34.9 Å². The van der Waals surface area contributed by atoms with Crippen LogP contribution in [0.2, 0.25) is 10.0 Å². The Hall–Kier alpha value is -2.20. The maximum absolute atomic E-state index is 12.7. The molecule has 2 aromatic carbocycles. The van der Waals surface area contributed by atoms with Crippen LogP contribution < -0.4 is 4.72 Å². The third-order valence-electron chi connectivity index (χ3n) is 3.77. The van der Waals surface area contributed by atoms with Gasteiger partial charge < -0.3 is 0 Å². The van der Waals surface area contributed by atoms with Gasteiger partial charge in [0, 0.05) is 16.2 Å². The molecule has 0 saturated heterocycles. The zero-order chi connectivity index (χ0) is 19.0. The summed E-state index contributed by atoms with van der Waals surface area (Å²) in [6.07, 6.45) is 3.02. The molecule has 0 spiro atoms. The molecule has 0 aliphatic rings. The number of aromatic nitrogens is 4. The average molecular weight is 440 g/mol. The predicted octanol–water partition coefficient (Wildman–Crippen LogP) is 4.04. The molecular weight excluding hydrogens is 429 g/mol. The number of rotatable bonds is 5. The Labute approximate surface area is 168 Å². The molecule has 2 heterocycles. The maximum atomic E-state index is 12.7. The molecule has 27 heavy (non-hydrogen) atoms. The van der Waals surface area contributed by atoms with Gasteiger partial charge in [0.2, 0.25) is 0 Å². The maximum Gasteiger partial charge on any atom is 0.264 e. The van der Waals surface area contributed by atoms with Crippen molar-refractivity contribution in [3.05, 3.63) is 64.4 Å². The number of hydrogen-bond acceptors (Lipinski definition) is 6. The van der Waals surface area contributed by atoms with Crippen molar-refractivity contribution >= 4 is 61.7 Å². The first-order valence-corrected chi connectivity index (χ1v) is 10.6. The fourth-order valence-corrected chi connectivity index (χ4v) is 4.80. The first-order chi connectivity index (χ1) is 12.9. The summed E-state index contributed by atoms with van der Waals surface area (Å²) in [7, 11) is -3.83. The van der Waals surface area contributed by atoms with Gasteiger partial charge in [-0.1, -0.05) is 35.3 Å². The molecule has 0 unspecified atom stereocenters. The van der Waals surface area contributed by atoms with Crippen molar-refractivity contribution in [1.29, 1.82) is 0 Å². The highest BCUT2D eigenvalue weighted by Crippen LogP contribution is 2.24. The van der Waals surface area contributed by atoms with E-state index in [-0.39, 0.29) is 4.90 Å². The van der Waals surface area contributed by atoms with E-state index >= 15 is 0 Å². The summed E-state index contributed by atoms with van der Waals surface area (Å²) in [5, 5.41) is 5.24. The van der Waals surface area contributed by atoms with E-state index in [4.69, 9.17) is 23.2 Å². The number of hydrogen-bond donors (Lipinski definition) is 1. The highest BCUT2D eigenvalue weighted by Gasteiger charge is 2.20. The van der Waals surface area contributed by atoms with E-state index in [0.717, 1.165) is 17.3 Å². The topological polar surface area (TPSA) is 89.8 Å². The highest BCUT2D eigenvalue weighted by atomic mass is 35.5. The lowest BCUT2D eigenvalue weighted by Crippen LogP contribution is -2.13. The van der Waals surface area contributed by atoms with Crippen LogP contribution in [0.3, 0.4) is 0 Å². The van der Waals surface area contributed by atoms with Crippen molar-refractivity contribution in [3.63, 3.8) is 0 Å². The summed E-state index contributed by atoms with van der Waals surface area (Å²) in [5.41, 5.74) is 2.03. The Kier molecular flexibility index (Phi) is 4.77. The van der Waals surface area contributed by atoms with Gasteiger partial charge in [0.05, 0.1) is 30.2 Å². The van der Waals surface area contributed by atoms with E-state index in [2.05, 4.69) is 18.6 Å². The van der Waals surface area contributed by atoms with Gasteiger partial charge in [-0.15, -0.1) is 0 Å². The summed E-state index contributed by atoms with van der Waals surface area (Å²) < 4.78 is 37.7. The molecule has 0 amide bonds. The number of benzene rings is 2. The molecule has 0 atom stereocenters. The van der Waals surface area contributed by atoms with Crippen LogP contribution in [0, 0.1) is 0 Å². The molecular formula is C16H11Cl2N5O2S2. The fourth-order valence-electron chi connectivity index (χ4n) is 2.54. The normalized spacial score (nSPS) is 11.8. The fraction of sp³-hybridized carbons (Fsp3) is 0.0625. The second-order valence-corrected chi connectivity index (χ2v) is 8.68. The summed E-state index contributed by atoms with van der Waals surface area (Å²) >= 11 is 13.0. The summed E-state index contributed by atoms with van der Waals surface area (Å²) in [6.45, 7) is 0.378. The smallest absolute Gasteiger partial charge is 0.264 e. The Morgan fingerprint density at radius 3 is 2.81 bits per heavy atom. The lowest BCUT2D eigenvalue weighted by Gasteiger charge is -2.06. The first kappa shape index (κ1) is 18.2. The second-order valence-electron chi connectivity index (χ2n) is 5.66. The Morgan fingerprint density at radius 2 is 2.00 bits per heavy atom. The minimum atomic E-state index is -3.83. The molecule has 0 aliphatic carbocycles. The van der Waals surface area contributed by atoms with Gasteiger partial charge in [-0.25, -0.2) is 8.42 Å². The van der Waals surface area contributed by atoms with E-state index in [9.17, 15) is 8.42 Å². The van der Waals surface area contributed by atoms with Crippen LogP contribution in [-0.4, -0.2) is 26.9 Å². The van der Waals surface area contributed by atoms with Crippen molar-refractivity contribution in [2.24, 2.45) is 0 Å². The Morgan fingerprint density at radius 1 is 1.15 bits per heavy atom. The summed E-state index contributed by atoms with van der Waals surface area (Å²) in [4.78, 5) is 0.0715. The number of nitrogens with one attached hydrogen (secondary N) is 1. The highest BCUT2D eigenvalue weighted by molar-refractivity contribution is 7.93. The third kappa shape index (κ3) is 3.77.